The molecule has 1 saturated heterocycles. The van der Waals surface area contributed by atoms with Crippen LogP contribution in [-0.4, -0.2) is 30.1 Å². The molecule has 3 nitrogen and oxygen atoms in total. The molecule has 0 spiro atoms. The first-order valence-corrected chi connectivity index (χ1v) is 16.3. The summed E-state index contributed by atoms with van der Waals surface area (Å²) >= 11 is 0. The molecule has 1 aliphatic heterocycles. The van der Waals surface area contributed by atoms with Gasteiger partial charge in [0.25, 0.3) is 0 Å². The van der Waals surface area contributed by atoms with Crippen LogP contribution in [0.1, 0.15) is 30.9 Å². The Morgan fingerprint density at radius 1 is 0.705 bits per heavy atom. The Morgan fingerprint density at radius 3 is 1.43 bits per heavy atom. The number of aliphatic imine (C=N–C) groups is 1. The second-order valence-electron chi connectivity index (χ2n) is 10.7. The smallest absolute Gasteiger partial charge is 0.846 e. The quantitative estimate of drug-likeness (QED) is 0.0654. The maximum Gasteiger partial charge on any atom is 1.00 e. The fourth-order valence-corrected chi connectivity index (χ4v) is 8.15. The summed E-state index contributed by atoms with van der Waals surface area (Å²) in [5.74, 6) is 0. The van der Waals surface area contributed by atoms with E-state index in [4.69, 9.17) is 0 Å². The zero-order chi connectivity index (χ0) is 29.9. The average molecular weight is 780 g/mol. The maximum atomic E-state index is 12.5. The largest absolute Gasteiger partial charge is 1.00 e. The minimum Gasteiger partial charge on any atom is -0.846 e. The number of piperidine rings is 1. The van der Waals surface area contributed by atoms with Crippen molar-refractivity contribution in [3.05, 3.63) is 170 Å². The molecule has 5 aromatic rings. The van der Waals surface area contributed by atoms with Gasteiger partial charge in [-0.25, -0.2) is 0 Å². The van der Waals surface area contributed by atoms with Gasteiger partial charge in [-0.1, -0.05) is 164 Å². The second-order valence-corrected chi connectivity index (χ2v) is 13.0. The number of nitrogens with zero attached hydrogens (tertiary/aromatic N) is 2. The first kappa shape index (κ1) is 33.4. The molecule has 6 rings (SSSR count). The fourth-order valence-electron chi connectivity index (χ4n) is 5.85. The summed E-state index contributed by atoms with van der Waals surface area (Å²) in [4.78, 5) is 5.94. The van der Waals surface area contributed by atoms with Gasteiger partial charge in [0.2, 0.25) is 0 Å². The third kappa shape index (κ3) is 7.97. The summed E-state index contributed by atoms with van der Waals surface area (Å²) in [6, 6.07) is 53.1. The van der Waals surface area contributed by atoms with E-state index in [0.29, 0.717) is 13.1 Å². The van der Waals surface area contributed by atoms with Crippen molar-refractivity contribution in [2.45, 2.75) is 31.2 Å². The normalized spacial score (nSPS) is 15.9. The Morgan fingerprint density at radius 2 is 1.07 bits per heavy atom. The first-order chi connectivity index (χ1) is 21.1. The minimum absolute atomic E-state index is 0. The molecular weight excluding hydrogens is 740 g/mol. The minimum atomic E-state index is -0.446. The van der Waals surface area contributed by atoms with Crippen molar-refractivity contribution in [1.29, 1.82) is 0 Å². The van der Waals surface area contributed by atoms with E-state index < -0.39 is 7.92 Å². The number of rotatable bonds is 6. The second kappa shape index (κ2) is 16.6. The zero-order valence-corrected chi connectivity index (χ0v) is 28.2. The van der Waals surface area contributed by atoms with Crippen LogP contribution in [0.15, 0.2) is 157 Å². The SMILES string of the molecule is [Au+].[CH2-][C@@H]1CCC(c2ccccc2)(c2ccccc2)CN1C([O-])=NCC.c1ccc(P(c2ccccc2)c2ccccc2)cc1. The first-order valence-electron chi connectivity index (χ1n) is 15.0. The molecule has 0 bridgehead atoms. The Bertz CT molecular complexity index is 1420. The molecule has 1 atom stereocenters. The average Bonchev–Trinajstić information content (AvgIpc) is 3.08. The van der Waals surface area contributed by atoms with Crippen LogP contribution in [0.2, 0.25) is 0 Å². The molecule has 0 aromatic heterocycles. The fraction of sp³-hybridized carbons (Fsp3) is 0.179. The van der Waals surface area contributed by atoms with Gasteiger partial charge in [0, 0.05) is 24.5 Å². The topological polar surface area (TPSA) is 38.7 Å². The van der Waals surface area contributed by atoms with Crippen molar-refractivity contribution in [3.8, 4) is 0 Å². The molecule has 5 heteroatoms. The van der Waals surface area contributed by atoms with Crippen LogP contribution in [0.25, 0.3) is 0 Å². The van der Waals surface area contributed by atoms with Crippen LogP contribution in [0, 0.1) is 6.92 Å². The van der Waals surface area contributed by atoms with E-state index in [1.54, 1.807) is 0 Å². The Balaban J connectivity index is 0.000000201. The summed E-state index contributed by atoms with van der Waals surface area (Å²) in [6.07, 6.45) is 1.85. The zero-order valence-electron chi connectivity index (χ0n) is 25.1. The molecule has 44 heavy (non-hydrogen) atoms. The molecule has 1 fully saturated rings. The van der Waals surface area contributed by atoms with Crippen LogP contribution < -0.4 is 21.0 Å². The van der Waals surface area contributed by atoms with E-state index >= 15 is 0 Å². The molecular formula is C39H39AuN2OP-. The molecule has 0 saturated carbocycles. The van der Waals surface area contributed by atoms with Gasteiger partial charge in [-0.3, -0.25) is 4.99 Å². The van der Waals surface area contributed by atoms with Gasteiger partial charge in [0.15, 0.2) is 0 Å². The number of likely N-dealkylation sites (tertiary alicyclic amines) is 1. The monoisotopic (exact) mass is 779 g/mol. The Labute approximate surface area is 280 Å². The van der Waals surface area contributed by atoms with Crippen molar-refractivity contribution in [1.82, 2.24) is 4.90 Å². The van der Waals surface area contributed by atoms with Gasteiger partial charge >= 0.3 is 22.4 Å². The molecule has 0 radical (unpaired) electrons. The standard InChI is InChI=1S/C21H25N2O.C18H15P.Au/c1-3-22-20(24)23-16-21(15-14-17(23)2,18-10-6-4-7-11-18)19-12-8-5-9-13-19;1-4-10-16(11-5-1)19(17-12-6-2-7-13-17)18-14-8-3-9-15-18;/h4-13,17H,2-3,14-16H2,1H3,(H,22,24);1-15H;/q-1;;+1/p-1/t17-;;/m1../s1. The van der Waals surface area contributed by atoms with Crippen molar-refractivity contribution in [3.63, 3.8) is 0 Å². The number of hydrogen-bond donors (Lipinski definition) is 0. The van der Waals surface area contributed by atoms with E-state index in [1.807, 2.05) is 24.0 Å². The summed E-state index contributed by atoms with van der Waals surface area (Å²) in [6.45, 7) is 7.20. The Kier molecular flexibility index (Phi) is 12.6. The molecule has 5 aromatic carbocycles. The molecule has 0 N–H and O–H groups in total. The number of benzene rings is 5. The van der Waals surface area contributed by atoms with Crippen LogP contribution in [0.5, 0.6) is 0 Å². The van der Waals surface area contributed by atoms with Crippen molar-refractivity contribution in [2.24, 2.45) is 4.99 Å². The molecule has 0 aliphatic carbocycles. The summed E-state index contributed by atoms with van der Waals surface area (Å²) < 4.78 is 0. The number of amidine groups is 1. The van der Waals surface area contributed by atoms with Gasteiger partial charge in [0.1, 0.15) is 0 Å². The van der Waals surface area contributed by atoms with Gasteiger partial charge in [-0.05, 0) is 48.3 Å². The van der Waals surface area contributed by atoms with Crippen LogP contribution >= 0.6 is 7.92 Å². The van der Waals surface area contributed by atoms with E-state index in [2.05, 4.69) is 151 Å². The van der Waals surface area contributed by atoms with E-state index in [-0.39, 0.29) is 39.9 Å². The van der Waals surface area contributed by atoms with E-state index in [0.717, 1.165) is 12.8 Å². The summed E-state index contributed by atoms with van der Waals surface area (Å²) in [7, 11) is -0.446. The predicted octanol–water partition coefficient (Wildman–Crippen LogP) is 6.45. The summed E-state index contributed by atoms with van der Waals surface area (Å²) in [5, 5.41) is 16.7. The molecule has 1 aliphatic rings. The third-order valence-electron chi connectivity index (χ3n) is 8.02. The summed E-state index contributed by atoms with van der Waals surface area (Å²) in [5.41, 5.74) is 2.30. The van der Waals surface area contributed by atoms with Crippen molar-refractivity contribution in [2.75, 3.05) is 13.1 Å². The molecule has 228 valence electrons. The number of hydrogen-bond acceptors (Lipinski definition) is 2. The molecule has 0 amide bonds. The van der Waals surface area contributed by atoms with E-state index in [9.17, 15) is 5.11 Å². The van der Waals surface area contributed by atoms with Gasteiger partial charge in [0.05, 0.1) is 0 Å². The van der Waals surface area contributed by atoms with Crippen molar-refractivity contribution >= 4 is 29.9 Å². The van der Waals surface area contributed by atoms with Crippen LogP contribution in [0.3, 0.4) is 0 Å². The molecule has 1 heterocycles. The predicted molar refractivity (Wildman–Crippen MR) is 182 cm³/mol. The van der Waals surface area contributed by atoms with Crippen molar-refractivity contribution < 1.29 is 27.5 Å². The third-order valence-corrected chi connectivity index (χ3v) is 10.5. The van der Waals surface area contributed by atoms with Gasteiger partial charge in [-0.2, -0.15) is 0 Å². The van der Waals surface area contributed by atoms with E-state index in [1.165, 1.54) is 27.0 Å². The maximum absolute atomic E-state index is 12.5. The van der Waals surface area contributed by atoms with Crippen LogP contribution in [-0.2, 0) is 27.8 Å². The Hall–Kier alpha value is -3.46. The van der Waals surface area contributed by atoms with Gasteiger partial charge in [-0.15, -0.1) is 0 Å². The van der Waals surface area contributed by atoms with Crippen LogP contribution in [0.4, 0.5) is 0 Å². The van der Waals surface area contributed by atoms with Gasteiger partial charge < -0.3 is 16.9 Å². The molecule has 0 unspecified atom stereocenters.